The van der Waals surface area contributed by atoms with E-state index in [4.69, 9.17) is 16.3 Å². The van der Waals surface area contributed by atoms with Crippen LogP contribution in [0.15, 0.2) is 60.6 Å². The maximum Gasteiger partial charge on any atom is 0.160 e. The topological polar surface area (TPSA) is 85.1 Å². The van der Waals surface area contributed by atoms with Crippen molar-refractivity contribution in [3.05, 3.63) is 71.3 Å². The fraction of sp³-hybridized carbons (Fsp3) is 0.346. The zero-order chi connectivity index (χ0) is 23.9. The van der Waals surface area contributed by atoms with E-state index in [0.29, 0.717) is 5.15 Å². The quantitative estimate of drug-likeness (QED) is 0.213. The van der Waals surface area contributed by atoms with Crippen LogP contribution in [0.3, 0.4) is 0 Å². The molecule has 3 heterocycles. The van der Waals surface area contributed by atoms with Gasteiger partial charge in [0.15, 0.2) is 5.79 Å². The minimum atomic E-state index is -1.24. The van der Waals surface area contributed by atoms with Crippen LogP contribution in [-0.4, -0.2) is 43.6 Å². The molecule has 1 aromatic carbocycles. The first-order chi connectivity index (χ1) is 16.3. The lowest BCUT2D eigenvalue weighted by Gasteiger charge is -2.28. The van der Waals surface area contributed by atoms with Crippen LogP contribution in [0.4, 0.5) is 5.82 Å². The Kier molecular flexibility index (Phi) is 6.02. The largest absolute Gasteiger partial charge is 0.373 e. The first-order valence-corrected chi connectivity index (χ1v) is 11.8. The molecular formula is C26H28ClN5O2. The zero-order valence-electron chi connectivity index (χ0n) is 19.5. The first-order valence-electron chi connectivity index (χ1n) is 11.4. The Labute approximate surface area is 203 Å². The summed E-state index contributed by atoms with van der Waals surface area (Å²) in [5, 5.41) is 15.8. The molecule has 0 bridgehead atoms. The van der Waals surface area contributed by atoms with Crippen molar-refractivity contribution in [2.24, 2.45) is 0 Å². The number of halogens is 1. The molecule has 2 N–H and O–H groups in total. The van der Waals surface area contributed by atoms with Crippen molar-refractivity contribution in [3.8, 4) is 0 Å². The number of anilines is 1. The van der Waals surface area contributed by atoms with Gasteiger partial charge in [-0.3, -0.25) is 0 Å². The van der Waals surface area contributed by atoms with Crippen LogP contribution in [0.2, 0.25) is 5.15 Å². The van der Waals surface area contributed by atoms with Crippen LogP contribution >= 0.6 is 11.6 Å². The van der Waals surface area contributed by atoms with Crippen molar-refractivity contribution in [3.63, 3.8) is 0 Å². The smallest absolute Gasteiger partial charge is 0.160 e. The maximum absolute atomic E-state index is 10.4. The predicted octanol–water partition coefficient (Wildman–Crippen LogP) is 5.29. The van der Waals surface area contributed by atoms with Crippen molar-refractivity contribution in [1.82, 2.24) is 19.5 Å². The molecular weight excluding hydrogens is 450 g/mol. The van der Waals surface area contributed by atoms with E-state index in [1.54, 1.807) is 13.8 Å². The van der Waals surface area contributed by atoms with Crippen LogP contribution in [0.5, 0.6) is 0 Å². The van der Waals surface area contributed by atoms with Gasteiger partial charge in [-0.2, -0.15) is 0 Å². The summed E-state index contributed by atoms with van der Waals surface area (Å²) in [7, 11) is 1.88. The second-order valence-corrected chi connectivity index (χ2v) is 9.58. The van der Waals surface area contributed by atoms with Gasteiger partial charge in [0.2, 0.25) is 0 Å². The molecule has 0 amide bonds. The molecule has 0 saturated carbocycles. The van der Waals surface area contributed by atoms with E-state index in [1.165, 1.54) is 17.5 Å². The molecule has 0 radical (unpaired) electrons. The highest BCUT2D eigenvalue weighted by molar-refractivity contribution is 6.33. The average Bonchev–Trinajstić information content (AvgIpc) is 3.40. The highest BCUT2D eigenvalue weighted by atomic mass is 35.5. The zero-order valence-corrected chi connectivity index (χ0v) is 20.3. The molecule has 1 aliphatic rings. The molecule has 0 fully saturated rings. The molecule has 2 unspecified atom stereocenters. The lowest BCUT2D eigenvalue weighted by atomic mass is 10.0. The molecule has 1 aliphatic carbocycles. The molecule has 0 spiro atoms. The van der Waals surface area contributed by atoms with Gasteiger partial charge in [-0.15, -0.1) is 0 Å². The Bertz CT molecular complexity index is 1370. The SMILES string of the molecule is CNc1ccc2ccc(CCC3=CC(n4ccc5c(Cl)ncnc54)C(OC(C)(C)O)C3)cc2n1. The molecule has 0 aliphatic heterocycles. The summed E-state index contributed by atoms with van der Waals surface area (Å²) in [5.74, 6) is -0.378. The Morgan fingerprint density at radius 3 is 2.79 bits per heavy atom. The van der Waals surface area contributed by atoms with Crippen molar-refractivity contribution in [2.45, 2.75) is 51.0 Å². The van der Waals surface area contributed by atoms with Gasteiger partial charge >= 0.3 is 0 Å². The molecule has 34 heavy (non-hydrogen) atoms. The van der Waals surface area contributed by atoms with Gasteiger partial charge in [-0.1, -0.05) is 35.4 Å². The normalized spacial score (nSPS) is 18.6. The number of rotatable bonds is 7. The van der Waals surface area contributed by atoms with E-state index in [-0.39, 0.29) is 12.1 Å². The summed E-state index contributed by atoms with van der Waals surface area (Å²) < 4.78 is 8.13. The second kappa shape index (κ2) is 8.98. The van der Waals surface area contributed by atoms with Crippen molar-refractivity contribution < 1.29 is 9.84 Å². The van der Waals surface area contributed by atoms with Crippen LogP contribution in [-0.2, 0) is 11.2 Å². The highest BCUT2D eigenvalue weighted by Crippen LogP contribution is 2.37. The van der Waals surface area contributed by atoms with Gasteiger partial charge in [-0.25, -0.2) is 15.0 Å². The third-order valence-corrected chi connectivity index (χ3v) is 6.52. The van der Waals surface area contributed by atoms with Crippen LogP contribution in [0.25, 0.3) is 21.9 Å². The lowest BCUT2D eigenvalue weighted by Crippen LogP contribution is -2.33. The third-order valence-electron chi connectivity index (χ3n) is 6.22. The minimum absolute atomic E-state index is 0.0960. The van der Waals surface area contributed by atoms with Crippen molar-refractivity contribution >= 4 is 39.4 Å². The van der Waals surface area contributed by atoms with E-state index in [2.05, 4.69) is 55.2 Å². The number of hydrogen-bond donors (Lipinski definition) is 2. The summed E-state index contributed by atoms with van der Waals surface area (Å²) in [5.41, 5.74) is 4.27. The van der Waals surface area contributed by atoms with Gasteiger partial charge in [0.05, 0.1) is 23.0 Å². The molecule has 8 heteroatoms. The standard InChI is InChI=1S/C26H28ClN5O2/c1-26(2,33)34-22-14-17(13-21(22)32-11-10-19-24(27)29-15-30-25(19)32)5-4-16-6-7-18-8-9-23(28-3)31-20(18)12-16/h6-13,15,21-22,33H,4-5,14H2,1-3H3,(H,28,31). The Morgan fingerprint density at radius 2 is 2.00 bits per heavy atom. The summed E-state index contributed by atoms with van der Waals surface area (Å²) in [4.78, 5) is 13.2. The van der Waals surface area contributed by atoms with Gasteiger partial charge in [-0.05, 0) is 62.9 Å². The number of nitrogens with zero attached hydrogens (tertiary/aromatic N) is 4. The van der Waals surface area contributed by atoms with E-state index >= 15 is 0 Å². The lowest BCUT2D eigenvalue weighted by molar-refractivity contribution is -0.209. The molecule has 2 atom stereocenters. The molecule has 176 valence electrons. The molecule has 0 saturated heterocycles. The van der Waals surface area contributed by atoms with Gasteiger partial charge < -0.3 is 19.7 Å². The van der Waals surface area contributed by atoms with Crippen LogP contribution in [0, 0.1) is 0 Å². The predicted molar refractivity (Wildman–Crippen MR) is 135 cm³/mol. The fourth-order valence-corrected chi connectivity index (χ4v) is 4.86. The van der Waals surface area contributed by atoms with Crippen LogP contribution in [0.1, 0.15) is 38.3 Å². The number of aromatic nitrogens is 4. The molecule has 5 rings (SSSR count). The molecule has 7 nitrogen and oxygen atoms in total. The van der Waals surface area contributed by atoms with E-state index in [9.17, 15) is 5.11 Å². The number of aryl methyl sites for hydroxylation is 1. The van der Waals surface area contributed by atoms with Gasteiger partial charge in [0.25, 0.3) is 0 Å². The first kappa shape index (κ1) is 22.8. The van der Waals surface area contributed by atoms with Crippen molar-refractivity contribution in [1.29, 1.82) is 0 Å². The third kappa shape index (κ3) is 4.64. The number of hydrogen-bond acceptors (Lipinski definition) is 6. The Morgan fingerprint density at radius 1 is 1.18 bits per heavy atom. The maximum atomic E-state index is 10.4. The monoisotopic (exact) mass is 477 g/mol. The molecule has 4 aromatic rings. The second-order valence-electron chi connectivity index (χ2n) is 9.22. The van der Waals surface area contributed by atoms with Crippen LogP contribution < -0.4 is 5.32 Å². The van der Waals surface area contributed by atoms with E-state index in [1.807, 2.05) is 25.4 Å². The number of ether oxygens (including phenoxy) is 1. The summed E-state index contributed by atoms with van der Waals surface area (Å²) >= 11 is 6.27. The van der Waals surface area contributed by atoms with E-state index < -0.39 is 5.79 Å². The summed E-state index contributed by atoms with van der Waals surface area (Å²) in [6, 6.07) is 12.3. The summed E-state index contributed by atoms with van der Waals surface area (Å²) in [6.45, 7) is 3.33. The van der Waals surface area contributed by atoms with E-state index in [0.717, 1.165) is 47.0 Å². The summed E-state index contributed by atoms with van der Waals surface area (Å²) in [6.07, 6.45) is 8.00. The minimum Gasteiger partial charge on any atom is -0.373 e. The van der Waals surface area contributed by atoms with Crippen molar-refractivity contribution in [2.75, 3.05) is 12.4 Å². The molecule has 3 aromatic heterocycles. The number of fused-ring (bicyclic) bond motifs is 2. The number of nitrogens with one attached hydrogen (secondary N) is 1. The van der Waals surface area contributed by atoms with Gasteiger partial charge in [0.1, 0.15) is 22.9 Å². The number of aliphatic hydroxyl groups is 1. The van der Waals surface area contributed by atoms with Gasteiger partial charge in [0, 0.05) is 18.6 Å². The average molecular weight is 478 g/mol. The fourth-order valence-electron chi connectivity index (χ4n) is 4.67. The highest BCUT2D eigenvalue weighted by Gasteiger charge is 2.34. The number of pyridine rings is 1. The number of benzene rings is 1. The Hall–Kier alpha value is -3.00. The Balaban J connectivity index is 1.40.